The molecule has 0 bridgehead atoms. The van der Waals surface area contributed by atoms with E-state index in [1.54, 1.807) is 0 Å². The van der Waals surface area contributed by atoms with Crippen molar-refractivity contribution in [2.24, 2.45) is 5.41 Å². The van der Waals surface area contributed by atoms with Crippen molar-refractivity contribution < 1.29 is 17.9 Å². The Bertz CT molecular complexity index is 591. The first-order valence-corrected chi connectivity index (χ1v) is 10.3. The van der Waals surface area contributed by atoms with Gasteiger partial charge in [-0.15, -0.1) is 0 Å². The summed E-state index contributed by atoms with van der Waals surface area (Å²) in [5.74, 6) is 0.178. The standard InChI is InChI=1S/C16H26N2O4S/c1-23(20,21)17-14-12-22-11-8-16(14)6-9-18(10-7-16)15(19)13-4-2-3-5-13/h4,14,17H,2-3,5-12H2,1H3/t14-/m1/s1. The highest BCUT2D eigenvalue weighted by atomic mass is 32.2. The molecule has 0 aromatic carbocycles. The van der Waals surface area contributed by atoms with Crippen LogP contribution in [0.25, 0.3) is 0 Å². The molecule has 1 amide bonds. The lowest BCUT2D eigenvalue weighted by Gasteiger charge is -2.48. The minimum atomic E-state index is -3.26. The number of likely N-dealkylation sites (tertiary alicyclic amines) is 1. The molecule has 7 heteroatoms. The number of nitrogens with one attached hydrogen (secondary N) is 1. The molecule has 1 atom stereocenters. The summed E-state index contributed by atoms with van der Waals surface area (Å²) in [6.45, 7) is 2.50. The van der Waals surface area contributed by atoms with E-state index in [-0.39, 0.29) is 17.4 Å². The first kappa shape index (κ1) is 16.9. The molecule has 6 nitrogen and oxygen atoms in total. The average Bonchev–Trinajstić information content (AvgIpc) is 3.03. The maximum atomic E-state index is 12.5. The normalized spacial score (nSPS) is 28.0. The first-order chi connectivity index (χ1) is 10.9. The second kappa shape index (κ2) is 6.53. The first-order valence-electron chi connectivity index (χ1n) is 8.43. The van der Waals surface area contributed by atoms with Gasteiger partial charge in [0.2, 0.25) is 15.9 Å². The summed E-state index contributed by atoms with van der Waals surface area (Å²) < 4.78 is 31.5. The lowest BCUT2D eigenvalue weighted by Crippen LogP contribution is -2.57. The number of hydrogen-bond donors (Lipinski definition) is 1. The number of carbonyl (C=O) groups is 1. The van der Waals surface area contributed by atoms with Gasteiger partial charge >= 0.3 is 0 Å². The summed E-state index contributed by atoms with van der Waals surface area (Å²) in [6, 6.07) is -0.186. The Hall–Kier alpha value is -0.920. The van der Waals surface area contributed by atoms with Crippen molar-refractivity contribution in [3.8, 4) is 0 Å². The third-order valence-corrected chi connectivity index (χ3v) is 6.20. The Morgan fingerprint density at radius 3 is 2.70 bits per heavy atom. The predicted octanol–water partition coefficient (Wildman–Crippen LogP) is 1.04. The van der Waals surface area contributed by atoms with E-state index in [0.29, 0.717) is 26.3 Å². The molecule has 3 aliphatic rings. The summed E-state index contributed by atoms with van der Waals surface area (Å²) in [5.41, 5.74) is 0.876. The number of carbonyl (C=O) groups excluding carboxylic acids is 1. The van der Waals surface area contributed by atoms with Gasteiger partial charge in [-0.1, -0.05) is 6.08 Å². The van der Waals surface area contributed by atoms with Crippen LogP contribution in [0.15, 0.2) is 11.6 Å². The van der Waals surface area contributed by atoms with E-state index in [1.807, 2.05) is 4.90 Å². The van der Waals surface area contributed by atoms with Gasteiger partial charge < -0.3 is 9.64 Å². The molecule has 2 fully saturated rings. The number of allylic oxidation sites excluding steroid dienone is 1. The van der Waals surface area contributed by atoms with Gasteiger partial charge in [-0.3, -0.25) is 4.79 Å². The van der Waals surface area contributed by atoms with Crippen LogP contribution in [0.2, 0.25) is 0 Å². The van der Waals surface area contributed by atoms with E-state index in [4.69, 9.17) is 4.74 Å². The van der Waals surface area contributed by atoms with E-state index in [9.17, 15) is 13.2 Å². The molecule has 23 heavy (non-hydrogen) atoms. The van der Waals surface area contributed by atoms with Crippen LogP contribution in [0, 0.1) is 5.41 Å². The van der Waals surface area contributed by atoms with E-state index >= 15 is 0 Å². The van der Waals surface area contributed by atoms with Crippen molar-refractivity contribution in [2.45, 2.75) is 44.6 Å². The predicted molar refractivity (Wildman–Crippen MR) is 87.4 cm³/mol. The van der Waals surface area contributed by atoms with E-state index in [2.05, 4.69) is 10.8 Å². The van der Waals surface area contributed by atoms with Crippen molar-refractivity contribution in [3.05, 3.63) is 11.6 Å². The van der Waals surface area contributed by atoms with Crippen LogP contribution in [0.4, 0.5) is 0 Å². The van der Waals surface area contributed by atoms with Crippen LogP contribution >= 0.6 is 0 Å². The van der Waals surface area contributed by atoms with Crippen molar-refractivity contribution in [1.29, 1.82) is 0 Å². The molecule has 0 aromatic rings. The van der Waals surface area contributed by atoms with Gasteiger partial charge in [-0.05, 0) is 43.9 Å². The fourth-order valence-electron chi connectivity index (χ4n) is 4.07. The highest BCUT2D eigenvalue weighted by Crippen LogP contribution is 2.41. The second-order valence-electron chi connectivity index (χ2n) is 7.04. The quantitative estimate of drug-likeness (QED) is 0.832. The lowest BCUT2D eigenvalue weighted by molar-refractivity contribution is -0.131. The molecule has 0 unspecified atom stereocenters. The molecule has 130 valence electrons. The van der Waals surface area contributed by atoms with Crippen molar-refractivity contribution >= 4 is 15.9 Å². The zero-order valence-corrected chi connectivity index (χ0v) is 14.5. The van der Waals surface area contributed by atoms with E-state index in [0.717, 1.165) is 44.1 Å². The van der Waals surface area contributed by atoms with Crippen LogP contribution in [0.5, 0.6) is 0 Å². The molecule has 1 spiro atoms. The Kier molecular flexibility index (Phi) is 4.80. The van der Waals surface area contributed by atoms with Crippen LogP contribution in [0.3, 0.4) is 0 Å². The number of hydrogen-bond acceptors (Lipinski definition) is 4. The van der Waals surface area contributed by atoms with Crippen LogP contribution in [-0.4, -0.2) is 57.8 Å². The molecule has 2 saturated heterocycles. The Labute approximate surface area is 138 Å². The number of ether oxygens (including phenoxy) is 1. The summed E-state index contributed by atoms with van der Waals surface area (Å²) in [4.78, 5) is 14.4. The van der Waals surface area contributed by atoms with Crippen molar-refractivity contribution in [2.75, 3.05) is 32.6 Å². The summed E-state index contributed by atoms with van der Waals surface area (Å²) >= 11 is 0. The zero-order valence-electron chi connectivity index (χ0n) is 13.7. The zero-order chi connectivity index (χ0) is 16.5. The number of piperidine rings is 1. The van der Waals surface area contributed by atoms with Gasteiger partial charge in [-0.2, -0.15) is 0 Å². The Balaban J connectivity index is 1.66. The fourth-order valence-corrected chi connectivity index (χ4v) is 4.90. The SMILES string of the molecule is CS(=O)(=O)N[C@@H]1COCCC12CCN(C(=O)C1=CCCC1)CC2. The van der Waals surface area contributed by atoms with Gasteiger partial charge in [-0.25, -0.2) is 13.1 Å². The third-order valence-electron chi connectivity index (χ3n) is 5.49. The monoisotopic (exact) mass is 342 g/mol. The van der Waals surface area contributed by atoms with E-state index in [1.165, 1.54) is 6.26 Å². The summed E-state index contributed by atoms with van der Waals surface area (Å²) in [7, 11) is -3.26. The minimum Gasteiger partial charge on any atom is -0.380 e. The summed E-state index contributed by atoms with van der Waals surface area (Å²) in [5, 5.41) is 0. The number of rotatable bonds is 3. The maximum Gasteiger partial charge on any atom is 0.249 e. The van der Waals surface area contributed by atoms with Gasteiger partial charge in [0.25, 0.3) is 0 Å². The highest BCUT2D eigenvalue weighted by molar-refractivity contribution is 7.88. The average molecular weight is 342 g/mol. The third kappa shape index (κ3) is 3.78. The molecule has 1 aliphatic carbocycles. The molecule has 2 aliphatic heterocycles. The topological polar surface area (TPSA) is 75.7 Å². The molecule has 0 saturated carbocycles. The van der Waals surface area contributed by atoms with Crippen molar-refractivity contribution in [3.63, 3.8) is 0 Å². The van der Waals surface area contributed by atoms with Crippen LogP contribution in [0.1, 0.15) is 38.5 Å². The molecule has 0 aromatic heterocycles. The van der Waals surface area contributed by atoms with Gasteiger partial charge in [0.1, 0.15) is 0 Å². The smallest absolute Gasteiger partial charge is 0.249 e. The fraction of sp³-hybridized carbons (Fsp3) is 0.812. The Morgan fingerprint density at radius 2 is 2.09 bits per heavy atom. The van der Waals surface area contributed by atoms with Gasteiger partial charge in [0.05, 0.1) is 18.9 Å². The number of amides is 1. The molecule has 2 heterocycles. The number of sulfonamides is 1. The molecule has 0 radical (unpaired) electrons. The molecule has 1 N–H and O–H groups in total. The van der Waals surface area contributed by atoms with Gasteiger partial charge in [0.15, 0.2) is 0 Å². The van der Waals surface area contributed by atoms with E-state index < -0.39 is 10.0 Å². The largest absolute Gasteiger partial charge is 0.380 e. The van der Waals surface area contributed by atoms with Crippen LogP contribution < -0.4 is 4.72 Å². The Morgan fingerprint density at radius 1 is 1.35 bits per heavy atom. The molecule has 3 rings (SSSR count). The van der Waals surface area contributed by atoms with Crippen molar-refractivity contribution in [1.82, 2.24) is 9.62 Å². The highest BCUT2D eigenvalue weighted by Gasteiger charge is 2.45. The summed E-state index contributed by atoms with van der Waals surface area (Å²) in [6.07, 6.45) is 8.77. The molecular weight excluding hydrogens is 316 g/mol. The van der Waals surface area contributed by atoms with Gasteiger partial charge in [0, 0.05) is 25.3 Å². The maximum absolute atomic E-state index is 12.5. The second-order valence-corrected chi connectivity index (χ2v) is 8.82. The molecular formula is C16H26N2O4S. The minimum absolute atomic E-state index is 0.0812. The van der Waals surface area contributed by atoms with Crippen LogP contribution in [-0.2, 0) is 19.6 Å². The number of nitrogens with zero attached hydrogens (tertiary/aromatic N) is 1. The lowest BCUT2D eigenvalue weighted by atomic mass is 9.69.